The van der Waals surface area contributed by atoms with Crippen LogP contribution in [0.1, 0.15) is 117 Å². The lowest BCUT2D eigenvalue weighted by molar-refractivity contribution is -0.168. The number of carbonyl (C=O) groups is 1. The van der Waals surface area contributed by atoms with Crippen molar-refractivity contribution < 1.29 is 19.7 Å². The maximum atomic E-state index is 11.4. The monoisotopic (exact) mass is 358 g/mol. The first-order valence-corrected chi connectivity index (χ1v) is 10.7. The average Bonchev–Trinajstić information content (AvgIpc) is 2.60. The van der Waals surface area contributed by atoms with E-state index in [1.54, 1.807) is 6.92 Å². The van der Waals surface area contributed by atoms with Gasteiger partial charge in [-0.25, -0.2) is 0 Å². The number of esters is 1. The van der Waals surface area contributed by atoms with Gasteiger partial charge < -0.3 is 14.9 Å². The first-order valence-electron chi connectivity index (χ1n) is 10.7. The fourth-order valence-corrected chi connectivity index (χ4v) is 2.96. The molecule has 0 aromatic carbocycles. The van der Waals surface area contributed by atoms with Crippen LogP contribution in [-0.2, 0) is 9.53 Å². The molecule has 0 rings (SSSR count). The lowest BCUT2D eigenvalue weighted by Crippen LogP contribution is -2.16. The Kier molecular flexibility index (Phi) is 17.7. The zero-order valence-corrected chi connectivity index (χ0v) is 16.7. The maximum absolute atomic E-state index is 11.4. The first kappa shape index (κ1) is 24.4. The molecule has 0 spiro atoms. The van der Waals surface area contributed by atoms with Gasteiger partial charge in [0.05, 0.1) is 6.10 Å². The van der Waals surface area contributed by atoms with Gasteiger partial charge in [0.15, 0.2) is 6.29 Å². The van der Waals surface area contributed by atoms with Crippen molar-refractivity contribution in [2.75, 3.05) is 0 Å². The number of rotatable bonds is 18. The second kappa shape index (κ2) is 18.2. The number of carbonyl (C=O) groups excluding carboxylic acids is 1. The standard InChI is InChI=1S/C21H42O4/c1-3-5-6-13-16-19(22)17-14-11-9-7-8-10-12-15-18-21(24)25-20(23)4-2/h19-20,22-23H,3-18H2,1-2H3. The molecule has 0 bridgehead atoms. The summed E-state index contributed by atoms with van der Waals surface area (Å²) in [5.41, 5.74) is 0. The number of aliphatic hydroxyl groups is 2. The smallest absolute Gasteiger partial charge is 0.308 e. The highest BCUT2D eigenvalue weighted by molar-refractivity contribution is 5.69. The van der Waals surface area contributed by atoms with E-state index in [1.807, 2.05) is 0 Å². The normalized spacial score (nSPS) is 13.6. The van der Waals surface area contributed by atoms with Gasteiger partial charge in [0.2, 0.25) is 0 Å². The highest BCUT2D eigenvalue weighted by Crippen LogP contribution is 2.14. The fraction of sp³-hybridized carbons (Fsp3) is 0.952. The van der Waals surface area contributed by atoms with E-state index in [0.717, 1.165) is 38.5 Å². The Hall–Kier alpha value is -0.610. The average molecular weight is 359 g/mol. The molecular formula is C21H42O4. The fourth-order valence-electron chi connectivity index (χ4n) is 2.96. The Morgan fingerprint density at radius 3 is 1.76 bits per heavy atom. The highest BCUT2D eigenvalue weighted by Gasteiger charge is 2.08. The minimum Gasteiger partial charge on any atom is -0.436 e. The van der Waals surface area contributed by atoms with Crippen LogP contribution in [0.25, 0.3) is 0 Å². The largest absolute Gasteiger partial charge is 0.436 e. The molecule has 0 aliphatic carbocycles. The summed E-state index contributed by atoms with van der Waals surface area (Å²) >= 11 is 0. The van der Waals surface area contributed by atoms with Gasteiger partial charge in [-0.3, -0.25) is 4.79 Å². The Morgan fingerprint density at radius 1 is 0.760 bits per heavy atom. The molecule has 0 saturated heterocycles. The van der Waals surface area contributed by atoms with Crippen LogP contribution in [0.2, 0.25) is 0 Å². The van der Waals surface area contributed by atoms with Crippen LogP contribution < -0.4 is 0 Å². The Morgan fingerprint density at radius 2 is 1.24 bits per heavy atom. The van der Waals surface area contributed by atoms with Crippen molar-refractivity contribution in [3.8, 4) is 0 Å². The number of aliphatic hydroxyl groups excluding tert-OH is 2. The number of unbranched alkanes of at least 4 members (excludes halogenated alkanes) is 10. The third-order valence-corrected chi connectivity index (χ3v) is 4.68. The third kappa shape index (κ3) is 18.0. The Bertz CT molecular complexity index is 294. The van der Waals surface area contributed by atoms with E-state index >= 15 is 0 Å². The summed E-state index contributed by atoms with van der Waals surface area (Å²) in [5, 5.41) is 19.1. The number of ether oxygens (including phenoxy) is 1. The summed E-state index contributed by atoms with van der Waals surface area (Å²) in [5.74, 6) is -0.289. The molecule has 0 aliphatic rings. The van der Waals surface area contributed by atoms with Crippen LogP contribution in [0.5, 0.6) is 0 Å². The molecule has 0 amide bonds. The van der Waals surface area contributed by atoms with Crippen molar-refractivity contribution in [2.24, 2.45) is 0 Å². The van der Waals surface area contributed by atoms with E-state index in [2.05, 4.69) is 6.92 Å². The molecule has 4 nitrogen and oxygen atoms in total. The molecule has 0 fully saturated rings. The lowest BCUT2D eigenvalue weighted by atomic mass is 10.0. The van der Waals surface area contributed by atoms with Gasteiger partial charge in [-0.05, 0) is 19.3 Å². The second-order valence-corrected chi connectivity index (χ2v) is 7.22. The SMILES string of the molecule is CCCCCCC(O)CCCCCCCCCCC(=O)OC(O)CC. The first-order chi connectivity index (χ1) is 12.1. The predicted octanol–water partition coefficient (Wildman–Crippen LogP) is 5.49. The summed E-state index contributed by atoms with van der Waals surface area (Å²) in [6, 6.07) is 0. The quantitative estimate of drug-likeness (QED) is 0.193. The van der Waals surface area contributed by atoms with Crippen molar-refractivity contribution in [2.45, 2.75) is 129 Å². The van der Waals surface area contributed by atoms with Gasteiger partial charge in [-0.2, -0.15) is 0 Å². The maximum Gasteiger partial charge on any atom is 0.308 e. The molecule has 2 atom stereocenters. The van der Waals surface area contributed by atoms with E-state index < -0.39 is 6.29 Å². The van der Waals surface area contributed by atoms with Crippen LogP contribution in [0.4, 0.5) is 0 Å². The molecule has 150 valence electrons. The van der Waals surface area contributed by atoms with Gasteiger partial charge in [0.1, 0.15) is 0 Å². The van der Waals surface area contributed by atoms with E-state index in [4.69, 9.17) is 4.74 Å². The molecule has 0 heterocycles. The molecule has 2 N–H and O–H groups in total. The number of hydrogen-bond donors (Lipinski definition) is 2. The number of hydrogen-bond acceptors (Lipinski definition) is 4. The lowest BCUT2D eigenvalue weighted by Gasteiger charge is -2.10. The van der Waals surface area contributed by atoms with Gasteiger partial charge in [0, 0.05) is 12.8 Å². The summed E-state index contributed by atoms with van der Waals surface area (Å²) < 4.78 is 4.82. The molecule has 0 aromatic rings. The van der Waals surface area contributed by atoms with E-state index in [0.29, 0.717) is 12.8 Å². The van der Waals surface area contributed by atoms with Crippen molar-refractivity contribution in [1.29, 1.82) is 0 Å². The summed E-state index contributed by atoms with van der Waals surface area (Å²) in [4.78, 5) is 11.4. The van der Waals surface area contributed by atoms with Gasteiger partial charge in [-0.15, -0.1) is 0 Å². The molecule has 0 radical (unpaired) electrons. The van der Waals surface area contributed by atoms with Crippen LogP contribution in [0.3, 0.4) is 0 Å². The zero-order chi connectivity index (χ0) is 18.8. The van der Waals surface area contributed by atoms with Crippen LogP contribution in [0, 0.1) is 0 Å². The van der Waals surface area contributed by atoms with Gasteiger partial charge in [-0.1, -0.05) is 84.5 Å². The molecular weight excluding hydrogens is 316 g/mol. The summed E-state index contributed by atoms with van der Waals surface area (Å²) in [6.07, 6.45) is 15.8. The van der Waals surface area contributed by atoms with E-state index in [-0.39, 0.29) is 12.1 Å². The van der Waals surface area contributed by atoms with Gasteiger partial charge in [0.25, 0.3) is 0 Å². The molecule has 25 heavy (non-hydrogen) atoms. The molecule has 0 saturated carbocycles. The van der Waals surface area contributed by atoms with Crippen molar-refractivity contribution >= 4 is 5.97 Å². The predicted molar refractivity (Wildman–Crippen MR) is 103 cm³/mol. The third-order valence-electron chi connectivity index (χ3n) is 4.68. The van der Waals surface area contributed by atoms with Crippen molar-refractivity contribution in [3.63, 3.8) is 0 Å². The zero-order valence-electron chi connectivity index (χ0n) is 16.7. The second-order valence-electron chi connectivity index (χ2n) is 7.22. The molecule has 0 aromatic heterocycles. The minimum absolute atomic E-state index is 0.0946. The highest BCUT2D eigenvalue weighted by atomic mass is 16.6. The van der Waals surface area contributed by atoms with Crippen molar-refractivity contribution in [1.82, 2.24) is 0 Å². The van der Waals surface area contributed by atoms with Crippen LogP contribution in [-0.4, -0.2) is 28.6 Å². The molecule has 0 aliphatic heterocycles. The summed E-state index contributed by atoms with van der Waals surface area (Å²) in [6.45, 7) is 4.00. The van der Waals surface area contributed by atoms with E-state index in [9.17, 15) is 15.0 Å². The Balaban J connectivity index is 3.24. The minimum atomic E-state index is -0.942. The van der Waals surface area contributed by atoms with Crippen LogP contribution >= 0.6 is 0 Å². The van der Waals surface area contributed by atoms with Crippen molar-refractivity contribution in [3.05, 3.63) is 0 Å². The molecule has 4 heteroatoms. The topological polar surface area (TPSA) is 66.8 Å². The summed E-state index contributed by atoms with van der Waals surface area (Å²) in [7, 11) is 0. The van der Waals surface area contributed by atoms with Gasteiger partial charge >= 0.3 is 5.97 Å². The Labute approximate surface area is 155 Å². The van der Waals surface area contributed by atoms with E-state index in [1.165, 1.54) is 51.4 Å². The van der Waals surface area contributed by atoms with Crippen LogP contribution in [0.15, 0.2) is 0 Å². The molecule has 2 unspecified atom stereocenters.